The lowest BCUT2D eigenvalue weighted by Gasteiger charge is -2.32. The zero-order valence-corrected chi connectivity index (χ0v) is 13.6. The number of unbranched alkanes of at least 4 members (excludes halogenated alkanes) is 1. The van der Waals surface area contributed by atoms with E-state index in [-0.39, 0.29) is 10.8 Å². The minimum Gasteiger partial charge on any atom is -0.479 e. The molecule has 10 heteroatoms. The number of halogens is 3. The summed E-state index contributed by atoms with van der Waals surface area (Å²) in [6.45, 7) is 3.26. The molecule has 1 N–H and O–H groups in total. The van der Waals surface area contributed by atoms with Crippen molar-refractivity contribution in [3.8, 4) is 0 Å². The summed E-state index contributed by atoms with van der Waals surface area (Å²) >= 11 is 1.64. The third-order valence-corrected chi connectivity index (χ3v) is 5.16. The number of carbonyl (C=O) groups excluding carboxylic acids is 1. The molecular formula is C12H15F3N2O3S2. The van der Waals surface area contributed by atoms with Crippen LogP contribution in [0.25, 0.3) is 0 Å². The second-order valence-electron chi connectivity index (χ2n) is 4.66. The molecule has 2 unspecified atom stereocenters. The lowest BCUT2D eigenvalue weighted by atomic mass is 9.83. The molecule has 0 aromatic carbocycles. The Morgan fingerprint density at radius 3 is 2.36 bits per heavy atom. The first kappa shape index (κ1) is 18.9. The van der Waals surface area contributed by atoms with Gasteiger partial charge in [-0.3, -0.25) is 4.79 Å². The Morgan fingerprint density at radius 1 is 1.32 bits per heavy atom. The topological polar surface area (TPSA) is 80.2 Å². The number of thioether (sulfide) groups is 1. The van der Waals surface area contributed by atoms with E-state index in [0.717, 1.165) is 11.3 Å². The molecule has 1 aromatic rings. The highest BCUT2D eigenvalue weighted by Gasteiger charge is 2.64. The third kappa shape index (κ3) is 3.78. The van der Waals surface area contributed by atoms with Crippen molar-refractivity contribution in [2.45, 2.75) is 48.8 Å². The first-order chi connectivity index (χ1) is 10.2. The van der Waals surface area contributed by atoms with E-state index in [1.165, 1.54) is 0 Å². The number of aliphatic carboxylic acids is 1. The van der Waals surface area contributed by atoms with Crippen LogP contribution in [-0.4, -0.2) is 44.4 Å². The van der Waals surface area contributed by atoms with Gasteiger partial charge in [-0.2, -0.15) is 4.39 Å². The average Bonchev–Trinajstić information content (AvgIpc) is 2.87. The van der Waals surface area contributed by atoms with Gasteiger partial charge in [-0.05, 0) is 19.8 Å². The van der Waals surface area contributed by atoms with Crippen molar-refractivity contribution >= 4 is 35.1 Å². The van der Waals surface area contributed by atoms with Crippen LogP contribution >= 0.6 is 23.1 Å². The molecule has 5 nitrogen and oxygen atoms in total. The minimum atomic E-state index is -3.72. The number of alkyl halides is 2. The SMILES string of the molecule is CCCCC(F)(C(=O)F)C(F)(CSc1nnc(C)s1)C(=O)O. The van der Waals surface area contributed by atoms with Crippen molar-refractivity contribution in [3.63, 3.8) is 0 Å². The number of carbonyl (C=O) groups is 2. The smallest absolute Gasteiger partial charge is 0.346 e. The average molecular weight is 356 g/mol. The van der Waals surface area contributed by atoms with Crippen LogP contribution in [0.4, 0.5) is 13.2 Å². The summed E-state index contributed by atoms with van der Waals surface area (Å²) in [7, 11) is 0. The van der Waals surface area contributed by atoms with Crippen molar-refractivity contribution in [2.24, 2.45) is 0 Å². The number of rotatable bonds is 9. The Hall–Kier alpha value is -1.16. The Morgan fingerprint density at radius 2 is 1.95 bits per heavy atom. The van der Waals surface area contributed by atoms with E-state index in [0.29, 0.717) is 23.2 Å². The van der Waals surface area contributed by atoms with E-state index in [1.54, 1.807) is 13.8 Å². The van der Waals surface area contributed by atoms with E-state index in [9.17, 15) is 22.8 Å². The zero-order valence-electron chi connectivity index (χ0n) is 11.9. The van der Waals surface area contributed by atoms with Crippen molar-refractivity contribution < 1.29 is 27.9 Å². The number of carboxylic acid groups (broad SMARTS) is 1. The molecule has 0 bridgehead atoms. The number of aryl methyl sites for hydroxylation is 1. The van der Waals surface area contributed by atoms with Gasteiger partial charge in [0, 0.05) is 5.75 Å². The summed E-state index contributed by atoms with van der Waals surface area (Å²) in [5.74, 6) is -3.20. The molecule has 1 aromatic heterocycles. The molecule has 0 radical (unpaired) electrons. The minimum absolute atomic E-state index is 0.0201. The van der Waals surface area contributed by atoms with E-state index in [1.807, 2.05) is 0 Å². The molecule has 0 aliphatic heterocycles. The quantitative estimate of drug-likeness (QED) is 0.541. The van der Waals surface area contributed by atoms with Crippen LogP contribution < -0.4 is 0 Å². The highest BCUT2D eigenvalue weighted by Crippen LogP contribution is 2.41. The van der Waals surface area contributed by atoms with Crippen LogP contribution in [0.1, 0.15) is 31.2 Å². The van der Waals surface area contributed by atoms with Crippen LogP contribution in [0.3, 0.4) is 0 Å². The molecule has 0 amide bonds. The van der Waals surface area contributed by atoms with Gasteiger partial charge in [0.1, 0.15) is 5.01 Å². The lowest BCUT2D eigenvalue weighted by Crippen LogP contribution is -2.58. The fourth-order valence-electron chi connectivity index (χ4n) is 1.72. The number of nitrogens with zero attached hydrogens (tertiary/aromatic N) is 2. The van der Waals surface area contributed by atoms with Gasteiger partial charge in [0.05, 0.1) is 0 Å². The van der Waals surface area contributed by atoms with Gasteiger partial charge in [-0.1, -0.05) is 36.4 Å². The molecule has 124 valence electrons. The first-order valence-electron chi connectivity index (χ1n) is 6.41. The molecule has 2 atom stereocenters. The standard InChI is InChI=1S/C12H15F3N2O3S2/c1-3-4-5-11(14,8(13)18)12(15,9(19)20)6-21-10-17-16-7(2)22-10/h3-6H2,1-2H3,(H,19,20). The number of carboxylic acids is 1. The molecule has 0 saturated heterocycles. The van der Waals surface area contributed by atoms with E-state index < -0.39 is 35.5 Å². The molecular weight excluding hydrogens is 341 g/mol. The molecule has 0 saturated carbocycles. The lowest BCUT2D eigenvalue weighted by molar-refractivity contribution is -0.173. The van der Waals surface area contributed by atoms with Crippen LogP contribution in [0, 0.1) is 6.92 Å². The summed E-state index contributed by atoms with van der Waals surface area (Å²) < 4.78 is 42.6. The second kappa shape index (κ2) is 7.40. The summed E-state index contributed by atoms with van der Waals surface area (Å²) in [5.41, 5.74) is -7.40. The predicted octanol–water partition coefficient (Wildman–Crippen LogP) is 3.13. The Labute approximate surface area is 133 Å². The molecule has 22 heavy (non-hydrogen) atoms. The van der Waals surface area contributed by atoms with Gasteiger partial charge in [0.25, 0.3) is 5.67 Å². The Bertz CT molecular complexity index is 557. The summed E-state index contributed by atoms with van der Waals surface area (Å²) in [6, 6.07) is -2.61. The van der Waals surface area contributed by atoms with E-state index in [4.69, 9.17) is 5.11 Å². The fourth-order valence-corrected chi connectivity index (χ4v) is 3.68. The van der Waals surface area contributed by atoms with Crippen molar-refractivity contribution in [1.82, 2.24) is 10.2 Å². The monoisotopic (exact) mass is 356 g/mol. The summed E-state index contributed by atoms with van der Waals surface area (Å²) in [4.78, 5) is 22.1. The molecule has 1 rings (SSSR count). The normalized spacial score (nSPS) is 16.8. The number of aromatic nitrogens is 2. The van der Waals surface area contributed by atoms with Crippen LogP contribution in [0.2, 0.25) is 0 Å². The summed E-state index contributed by atoms with van der Waals surface area (Å²) in [6.07, 6.45) is -0.498. The maximum atomic E-state index is 14.7. The van der Waals surface area contributed by atoms with Crippen molar-refractivity contribution in [1.29, 1.82) is 0 Å². The van der Waals surface area contributed by atoms with Gasteiger partial charge >= 0.3 is 12.0 Å². The van der Waals surface area contributed by atoms with E-state index in [2.05, 4.69) is 10.2 Å². The van der Waals surface area contributed by atoms with Gasteiger partial charge in [0.15, 0.2) is 4.34 Å². The second-order valence-corrected chi connectivity index (χ2v) is 7.06. The van der Waals surface area contributed by atoms with Crippen molar-refractivity contribution in [2.75, 3.05) is 5.75 Å². The molecule has 0 spiro atoms. The Balaban J connectivity index is 3.05. The fraction of sp³-hybridized carbons (Fsp3) is 0.667. The highest BCUT2D eigenvalue weighted by molar-refractivity contribution is 8.01. The number of hydrogen-bond acceptors (Lipinski definition) is 6. The highest BCUT2D eigenvalue weighted by atomic mass is 32.2. The molecule has 0 aliphatic rings. The largest absolute Gasteiger partial charge is 0.479 e. The Kier molecular flexibility index (Phi) is 6.36. The van der Waals surface area contributed by atoms with Crippen LogP contribution in [0.15, 0.2) is 4.34 Å². The van der Waals surface area contributed by atoms with Gasteiger partial charge < -0.3 is 5.11 Å². The van der Waals surface area contributed by atoms with Gasteiger partial charge in [-0.25, -0.2) is 13.6 Å². The predicted molar refractivity (Wildman–Crippen MR) is 76.3 cm³/mol. The van der Waals surface area contributed by atoms with Gasteiger partial charge in [-0.15, -0.1) is 10.2 Å². The summed E-state index contributed by atoms with van der Waals surface area (Å²) in [5, 5.41) is 16.9. The first-order valence-corrected chi connectivity index (χ1v) is 8.21. The zero-order chi connectivity index (χ0) is 17.0. The maximum absolute atomic E-state index is 14.7. The maximum Gasteiger partial charge on any atom is 0.346 e. The van der Waals surface area contributed by atoms with Crippen molar-refractivity contribution in [3.05, 3.63) is 5.01 Å². The molecule has 0 aliphatic carbocycles. The van der Waals surface area contributed by atoms with Crippen LogP contribution in [-0.2, 0) is 9.59 Å². The van der Waals surface area contributed by atoms with Crippen LogP contribution in [0.5, 0.6) is 0 Å². The number of hydrogen-bond donors (Lipinski definition) is 1. The third-order valence-electron chi connectivity index (χ3n) is 3.06. The molecule has 1 heterocycles. The van der Waals surface area contributed by atoms with E-state index >= 15 is 0 Å². The van der Waals surface area contributed by atoms with Gasteiger partial charge in [0.2, 0.25) is 5.67 Å². The molecule has 0 fully saturated rings.